The molecule has 29 heavy (non-hydrogen) atoms. The van der Waals surface area contributed by atoms with E-state index >= 15 is 0 Å². The lowest BCUT2D eigenvalue weighted by molar-refractivity contribution is -0.114. The SMILES string of the molecule is COc1cccc(NC(=O)CN(c2ccccc2C)S(=O)(=O)c2ccccc2)c1. The smallest absolute Gasteiger partial charge is 0.264 e. The van der Waals surface area contributed by atoms with Crippen molar-refractivity contribution in [3.63, 3.8) is 0 Å². The molecule has 3 aromatic rings. The molecule has 0 unspecified atom stereocenters. The van der Waals surface area contributed by atoms with Crippen molar-refractivity contribution in [1.29, 1.82) is 0 Å². The molecule has 3 rings (SSSR count). The van der Waals surface area contributed by atoms with Crippen LogP contribution in [0.5, 0.6) is 5.75 Å². The van der Waals surface area contributed by atoms with E-state index in [0.717, 1.165) is 9.87 Å². The molecule has 7 heteroatoms. The first-order valence-corrected chi connectivity index (χ1v) is 10.4. The summed E-state index contributed by atoms with van der Waals surface area (Å²) in [5.41, 5.74) is 1.73. The van der Waals surface area contributed by atoms with Gasteiger partial charge in [0, 0.05) is 11.8 Å². The van der Waals surface area contributed by atoms with Crippen molar-refractivity contribution in [2.75, 3.05) is 23.3 Å². The Bertz CT molecular complexity index is 1100. The Balaban J connectivity index is 1.94. The third-order valence-electron chi connectivity index (χ3n) is 4.36. The molecule has 1 N–H and O–H groups in total. The Morgan fingerprint density at radius 3 is 2.34 bits per heavy atom. The summed E-state index contributed by atoms with van der Waals surface area (Å²) in [6, 6.07) is 22.0. The first kappa shape index (κ1) is 20.4. The summed E-state index contributed by atoms with van der Waals surface area (Å²) < 4.78 is 32.9. The van der Waals surface area contributed by atoms with E-state index in [2.05, 4.69) is 5.32 Å². The second kappa shape index (κ2) is 8.79. The molecule has 3 aromatic carbocycles. The number of anilines is 2. The largest absolute Gasteiger partial charge is 0.497 e. The number of rotatable bonds is 7. The van der Waals surface area contributed by atoms with Crippen LogP contribution >= 0.6 is 0 Å². The normalized spacial score (nSPS) is 11.0. The molecule has 0 aliphatic heterocycles. The van der Waals surface area contributed by atoms with Gasteiger partial charge in [-0.05, 0) is 42.8 Å². The number of carbonyl (C=O) groups is 1. The number of methoxy groups -OCH3 is 1. The maximum atomic E-state index is 13.3. The molecule has 0 spiro atoms. The number of nitrogens with zero attached hydrogens (tertiary/aromatic N) is 1. The topological polar surface area (TPSA) is 75.7 Å². The predicted molar refractivity (Wildman–Crippen MR) is 114 cm³/mol. The van der Waals surface area contributed by atoms with Gasteiger partial charge in [0.2, 0.25) is 5.91 Å². The van der Waals surface area contributed by atoms with Crippen LogP contribution in [0.3, 0.4) is 0 Å². The van der Waals surface area contributed by atoms with Crippen molar-refractivity contribution < 1.29 is 17.9 Å². The molecule has 0 bridgehead atoms. The number of nitrogens with one attached hydrogen (secondary N) is 1. The molecule has 0 atom stereocenters. The molecule has 0 aromatic heterocycles. The average Bonchev–Trinajstić information content (AvgIpc) is 2.73. The number of ether oxygens (including phenoxy) is 1. The molecule has 0 saturated heterocycles. The summed E-state index contributed by atoms with van der Waals surface area (Å²) in [5, 5.41) is 2.73. The van der Waals surface area contributed by atoms with E-state index in [1.807, 2.05) is 19.1 Å². The van der Waals surface area contributed by atoms with Crippen LogP contribution in [0, 0.1) is 6.92 Å². The van der Waals surface area contributed by atoms with E-state index in [-0.39, 0.29) is 11.4 Å². The quantitative estimate of drug-likeness (QED) is 0.642. The number of benzene rings is 3. The number of hydrogen-bond acceptors (Lipinski definition) is 4. The van der Waals surface area contributed by atoms with Crippen molar-refractivity contribution in [2.45, 2.75) is 11.8 Å². The van der Waals surface area contributed by atoms with Crippen LogP contribution in [0.1, 0.15) is 5.56 Å². The minimum absolute atomic E-state index is 0.123. The van der Waals surface area contributed by atoms with Crippen LogP contribution < -0.4 is 14.4 Å². The second-order valence-electron chi connectivity index (χ2n) is 6.39. The average molecular weight is 410 g/mol. The van der Waals surface area contributed by atoms with Crippen LogP contribution in [0.4, 0.5) is 11.4 Å². The Morgan fingerprint density at radius 1 is 0.966 bits per heavy atom. The first-order chi connectivity index (χ1) is 13.9. The highest BCUT2D eigenvalue weighted by atomic mass is 32.2. The summed E-state index contributed by atoms with van der Waals surface area (Å²) in [4.78, 5) is 12.8. The molecule has 0 aliphatic carbocycles. The van der Waals surface area contributed by atoms with Gasteiger partial charge < -0.3 is 10.1 Å². The third-order valence-corrected chi connectivity index (χ3v) is 6.13. The third kappa shape index (κ3) is 4.75. The van der Waals surface area contributed by atoms with E-state index in [0.29, 0.717) is 17.1 Å². The summed E-state index contributed by atoms with van der Waals surface area (Å²) in [6.45, 7) is 1.45. The maximum absolute atomic E-state index is 13.3. The maximum Gasteiger partial charge on any atom is 0.264 e. The van der Waals surface area contributed by atoms with Gasteiger partial charge in [0.1, 0.15) is 12.3 Å². The van der Waals surface area contributed by atoms with Crippen LogP contribution in [0.25, 0.3) is 0 Å². The van der Waals surface area contributed by atoms with Gasteiger partial charge in [-0.2, -0.15) is 0 Å². The van der Waals surface area contributed by atoms with Gasteiger partial charge in [0.05, 0.1) is 17.7 Å². The highest BCUT2D eigenvalue weighted by Gasteiger charge is 2.28. The van der Waals surface area contributed by atoms with E-state index in [9.17, 15) is 13.2 Å². The Labute approximate surface area is 170 Å². The van der Waals surface area contributed by atoms with E-state index in [1.165, 1.54) is 19.2 Å². The number of amides is 1. The zero-order chi connectivity index (χ0) is 20.9. The van der Waals surface area contributed by atoms with Gasteiger partial charge in [-0.25, -0.2) is 8.42 Å². The van der Waals surface area contributed by atoms with Crippen LogP contribution in [0.15, 0.2) is 83.8 Å². The zero-order valence-electron chi connectivity index (χ0n) is 16.2. The van der Waals surface area contributed by atoms with Crippen LogP contribution in [0.2, 0.25) is 0 Å². The first-order valence-electron chi connectivity index (χ1n) is 8.99. The van der Waals surface area contributed by atoms with Crippen molar-refractivity contribution in [3.05, 3.63) is 84.4 Å². The molecule has 0 radical (unpaired) electrons. The van der Waals surface area contributed by atoms with Gasteiger partial charge in [-0.1, -0.05) is 42.5 Å². The lowest BCUT2D eigenvalue weighted by Crippen LogP contribution is -2.38. The minimum atomic E-state index is -3.93. The molecular weight excluding hydrogens is 388 g/mol. The minimum Gasteiger partial charge on any atom is -0.497 e. The Morgan fingerprint density at radius 2 is 1.66 bits per heavy atom. The van der Waals surface area contributed by atoms with Crippen molar-refractivity contribution in [3.8, 4) is 5.75 Å². The van der Waals surface area contributed by atoms with Crippen LogP contribution in [-0.4, -0.2) is 28.0 Å². The number of carbonyl (C=O) groups excluding carboxylic acids is 1. The monoisotopic (exact) mass is 410 g/mol. The lowest BCUT2D eigenvalue weighted by Gasteiger charge is -2.25. The lowest BCUT2D eigenvalue weighted by atomic mass is 10.2. The highest BCUT2D eigenvalue weighted by molar-refractivity contribution is 7.92. The summed E-state index contributed by atoms with van der Waals surface area (Å²) in [6.07, 6.45) is 0. The molecule has 0 heterocycles. The van der Waals surface area contributed by atoms with Gasteiger partial charge in [-0.15, -0.1) is 0 Å². The van der Waals surface area contributed by atoms with Crippen molar-refractivity contribution in [1.82, 2.24) is 0 Å². The molecule has 150 valence electrons. The summed E-state index contributed by atoms with van der Waals surface area (Å²) >= 11 is 0. The molecule has 1 amide bonds. The zero-order valence-corrected chi connectivity index (χ0v) is 17.0. The fourth-order valence-electron chi connectivity index (χ4n) is 2.89. The molecule has 0 fully saturated rings. The summed E-state index contributed by atoms with van der Waals surface area (Å²) in [7, 11) is -2.39. The molecular formula is C22H22N2O4S. The Hall–Kier alpha value is -3.32. The van der Waals surface area contributed by atoms with Crippen molar-refractivity contribution in [2.24, 2.45) is 0 Å². The summed E-state index contributed by atoms with van der Waals surface area (Å²) in [5.74, 6) is 0.136. The second-order valence-corrected chi connectivity index (χ2v) is 8.25. The number of sulfonamides is 1. The van der Waals surface area contributed by atoms with Crippen molar-refractivity contribution >= 4 is 27.3 Å². The highest BCUT2D eigenvalue weighted by Crippen LogP contribution is 2.27. The number of hydrogen-bond donors (Lipinski definition) is 1. The Kier molecular flexibility index (Phi) is 6.19. The fourth-order valence-corrected chi connectivity index (χ4v) is 4.40. The molecule has 0 saturated carbocycles. The van der Waals surface area contributed by atoms with E-state index in [1.54, 1.807) is 54.6 Å². The standard InChI is InChI=1S/C22H22N2O4S/c1-17-9-6-7-14-21(17)24(29(26,27)20-12-4-3-5-13-20)16-22(25)23-18-10-8-11-19(15-18)28-2/h3-15H,16H2,1-2H3,(H,23,25). The van der Waals surface area contributed by atoms with E-state index in [4.69, 9.17) is 4.74 Å². The fraction of sp³-hybridized carbons (Fsp3) is 0.136. The van der Waals surface area contributed by atoms with Gasteiger partial charge in [0.25, 0.3) is 10.0 Å². The van der Waals surface area contributed by atoms with Gasteiger partial charge in [0.15, 0.2) is 0 Å². The number of aryl methyl sites for hydroxylation is 1. The van der Waals surface area contributed by atoms with Gasteiger partial charge >= 0.3 is 0 Å². The molecule has 0 aliphatic rings. The molecule has 6 nitrogen and oxygen atoms in total. The van der Waals surface area contributed by atoms with E-state index < -0.39 is 15.9 Å². The predicted octanol–water partition coefficient (Wildman–Crippen LogP) is 3.84. The van der Waals surface area contributed by atoms with Crippen LogP contribution in [-0.2, 0) is 14.8 Å². The number of para-hydroxylation sites is 1. The van der Waals surface area contributed by atoms with Gasteiger partial charge in [-0.3, -0.25) is 9.10 Å².